The van der Waals surface area contributed by atoms with Gasteiger partial charge in [-0.15, -0.1) is 11.6 Å². The van der Waals surface area contributed by atoms with Gasteiger partial charge in [0.1, 0.15) is 11.1 Å². The number of halogens is 1. The number of rotatable bonds is 7. The number of carbonyl (C=O) groups excluding carboxylic acids is 1. The molecule has 1 rings (SSSR count). The summed E-state index contributed by atoms with van der Waals surface area (Å²) >= 11 is 6.18. The summed E-state index contributed by atoms with van der Waals surface area (Å²) in [7, 11) is 3.63. The van der Waals surface area contributed by atoms with Gasteiger partial charge in [-0.05, 0) is 38.2 Å². The van der Waals surface area contributed by atoms with E-state index in [-0.39, 0.29) is 11.9 Å². The van der Waals surface area contributed by atoms with Crippen LogP contribution in [0.2, 0.25) is 0 Å². The Hall–Kier alpha value is -1.26. The van der Waals surface area contributed by atoms with Gasteiger partial charge in [-0.3, -0.25) is 4.79 Å². The van der Waals surface area contributed by atoms with Crippen molar-refractivity contribution in [3.63, 3.8) is 0 Å². The molecule has 0 bridgehead atoms. The Labute approximate surface area is 126 Å². The van der Waals surface area contributed by atoms with E-state index in [4.69, 9.17) is 16.3 Å². The Balaban J connectivity index is 2.53. The van der Waals surface area contributed by atoms with E-state index in [1.54, 1.807) is 31.4 Å². The second kappa shape index (κ2) is 8.12. The molecule has 2 atom stereocenters. The standard InChI is InChI=1S/C15H23ClN2O2/c1-5-18(3)11(2)10-17-15(19)14(16)12-6-8-13(20-4)9-7-12/h6-9,11,14H,5,10H2,1-4H3,(H,17,19). The number of likely N-dealkylation sites (N-methyl/N-ethyl adjacent to an activating group) is 1. The maximum atomic E-state index is 12.0. The molecule has 0 aliphatic rings. The molecule has 1 N–H and O–H groups in total. The van der Waals surface area contributed by atoms with Crippen LogP contribution in [0.4, 0.5) is 0 Å². The molecular formula is C15H23ClN2O2. The molecule has 0 saturated carbocycles. The molecule has 0 heterocycles. The van der Waals surface area contributed by atoms with Crippen LogP contribution in [-0.2, 0) is 4.79 Å². The van der Waals surface area contributed by atoms with E-state index in [1.807, 2.05) is 7.05 Å². The molecule has 1 aromatic carbocycles. The van der Waals surface area contributed by atoms with E-state index in [0.29, 0.717) is 6.54 Å². The van der Waals surface area contributed by atoms with Crippen molar-refractivity contribution in [2.24, 2.45) is 0 Å². The van der Waals surface area contributed by atoms with Crippen LogP contribution in [0.1, 0.15) is 24.8 Å². The minimum Gasteiger partial charge on any atom is -0.497 e. The molecule has 2 unspecified atom stereocenters. The lowest BCUT2D eigenvalue weighted by Crippen LogP contribution is -2.40. The van der Waals surface area contributed by atoms with Gasteiger partial charge in [0.25, 0.3) is 0 Å². The predicted octanol–water partition coefficient (Wildman–Crippen LogP) is 2.43. The Bertz CT molecular complexity index is 422. The monoisotopic (exact) mass is 298 g/mol. The fourth-order valence-corrected chi connectivity index (χ4v) is 1.95. The largest absolute Gasteiger partial charge is 0.497 e. The zero-order chi connectivity index (χ0) is 15.1. The molecule has 112 valence electrons. The van der Waals surface area contributed by atoms with Gasteiger partial charge in [0.15, 0.2) is 0 Å². The Morgan fingerprint density at radius 1 is 1.40 bits per heavy atom. The van der Waals surface area contributed by atoms with Gasteiger partial charge in [-0.2, -0.15) is 0 Å². The molecule has 0 saturated heterocycles. The summed E-state index contributed by atoms with van der Waals surface area (Å²) in [5, 5.41) is 2.20. The number of nitrogens with one attached hydrogen (secondary N) is 1. The molecule has 0 aromatic heterocycles. The highest BCUT2D eigenvalue weighted by atomic mass is 35.5. The molecule has 4 nitrogen and oxygen atoms in total. The molecule has 0 spiro atoms. The summed E-state index contributed by atoms with van der Waals surface area (Å²) in [5.41, 5.74) is 0.765. The lowest BCUT2D eigenvalue weighted by Gasteiger charge is -2.23. The van der Waals surface area contributed by atoms with Gasteiger partial charge in [-0.1, -0.05) is 19.1 Å². The highest BCUT2D eigenvalue weighted by Gasteiger charge is 2.18. The van der Waals surface area contributed by atoms with Crippen molar-refractivity contribution in [2.75, 3.05) is 27.2 Å². The van der Waals surface area contributed by atoms with E-state index < -0.39 is 5.38 Å². The predicted molar refractivity (Wildman–Crippen MR) is 82.4 cm³/mol. The number of benzene rings is 1. The van der Waals surface area contributed by atoms with Crippen LogP contribution in [0.25, 0.3) is 0 Å². The SMILES string of the molecule is CCN(C)C(C)CNC(=O)C(Cl)c1ccc(OC)cc1. The summed E-state index contributed by atoms with van der Waals surface area (Å²) in [6.45, 7) is 5.68. The minimum absolute atomic E-state index is 0.173. The summed E-state index contributed by atoms with van der Waals surface area (Å²) in [5.74, 6) is 0.574. The average Bonchev–Trinajstić information content (AvgIpc) is 2.50. The third-order valence-electron chi connectivity index (χ3n) is 3.46. The second-order valence-corrected chi connectivity index (χ2v) is 5.24. The number of carbonyl (C=O) groups is 1. The van der Waals surface area contributed by atoms with Crippen molar-refractivity contribution in [3.05, 3.63) is 29.8 Å². The zero-order valence-electron chi connectivity index (χ0n) is 12.5. The van der Waals surface area contributed by atoms with Crippen LogP contribution in [-0.4, -0.2) is 44.1 Å². The van der Waals surface area contributed by atoms with Crippen LogP contribution in [0.3, 0.4) is 0 Å². The summed E-state index contributed by atoms with van der Waals surface area (Å²) in [4.78, 5) is 14.2. The highest BCUT2D eigenvalue weighted by Crippen LogP contribution is 2.23. The lowest BCUT2D eigenvalue weighted by atomic mass is 10.1. The van der Waals surface area contributed by atoms with Crippen LogP contribution < -0.4 is 10.1 Å². The van der Waals surface area contributed by atoms with Crippen LogP contribution >= 0.6 is 11.6 Å². The Kier molecular flexibility index (Phi) is 6.82. The van der Waals surface area contributed by atoms with E-state index in [2.05, 4.69) is 24.1 Å². The molecule has 5 heteroatoms. The van der Waals surface area contributed by atoms with Crippen molar-refractivity contribution < 1.29 is 9.53 Å². The number of hydrogen-bond donors (Lipinski definition) is 1. The second-order valence-electron chi connectivity index (χ2n) is 4.80. The van der Waals surface area contributed by atoms with Gasteiger partial charge < -0.3 is 15.0 Å². The molecule has 1 amide bonds. The smallest absolute Gasteiger partial charge is 0.242 e. The lowest BCUT2D eigenvalue weighted by molar-refractivity contribution is -0.121. The number of alkyl halides is 1. The number of methoxy groups -OCH3 is 1. The first-order chi connectivity index (χ1) is 9.49. The molecule has 0 fully saturated rings. The summed E-state index contributed by atoms with van der Waals surface area (Å²) < 4.78 is 5.08. The van der Waals surface area contributed by atoms with E-state index in [0.717, 1.165) is 17.9 Å². The Morgan fingerprint density at radius 2 is 2.00 bits per heavy atom. The maximum Gasteiger partial charge on any atom is 0.242 e. The van der Waals surface area contributed by atoms with Crippen LogP contribution in [0.15, 0.2) is 24.3 Å². The first-order valence-corrected chi connectivity index (χ1v) is 7.19. The van der Waals surface area contributed by atoms with Crippen molar-refractivity contribution >= 4 is 17.5 Å². The van der Waals surface area contributed by atoms with E-state index >= 15 is 0 Å². The number of hydrogen-bond acceptors (Lipinski definition) is 3. The van der Waals surface area contributed by atoms with Crippen molar-refractivity contribution in [3.8, 4) is 5.75 Å². The van der Waals surface area contributed by atoms with Crippen molar-refractivity contribution in [1.82, 2.24) is 10.2 Å². The molecule has 0 radical (unpaired) electrons. The first kappa shape index (κ1) is 16.8. The minimum atomic E-state index is -0.681. The molecule has 0 aliphatic heterocycles. The third-order valence-corrected chi connectivity index (χ3v) is 3.91. The fraction of sp³-hybridized carbons (Fsp3) is 0.533. The number of nitrogens with zero attached hydrogens (tertiary/aromatic N) is 1. The van der Waals surface area contributed by atoms with E-state index in [1.165, 1.54) is 0 Å². The number of amides is 1. The van der Waals surface area contributed by atoms with Crippen LogP contribution in [0.5, 0.6) is 5.75 Å². The Morgan fingerprint density at radius 3 is 2.50 bits per heavy atom. The third kappa shape index (κ3) is 4.69. The molecule has 0 aliphatic carbocycles. The van der Waals surface area contributed by atoms with Crippen molar-refractivity contribution in [1.29, 1.82) is 0 Å². The highest BCUT2D eigenvalue weighted by molar-refractivity contribution is 6.30. The summed E-state index contributed by atoms with van der Waals surface area (Å²) in [6.07, 6.45) is 0. The molecule has 20 heavy (non-hydrogen) atoms. The normalized spacial score (nSPS) is 13.9. The fourth-order valence-electron chi connectivity index (χ4n) is 1.73. The zero-order valence-corrected chi connectivity index (χ0v) is 13.3. The first-order valence-electron chi connectivity index (χ1n) is 6.75. The van der Waals surface area contributed by atoms with Gasteiger partial charge in [0.2, 0.25) is 5.91 Å². The van der Waals surface area contributed by atoms with Crippen molar-refractivity contribution in [2.45, 2.75) is 25.3 Å². The van der Waals surface area contributed by atoms with E-state index in [9.17, 15) is 4.79 Å². The van der Waals surface area contributed by atoms with Gasteiger partial charge in [0, 0.05) is 12.6 Å². The van der Waals surface area contributed by atoms with Gasteiger partial charge in [-0.25, -0.2) is 0 Å². The average molecular weight is 299 g/mol. The van der Waals surface area contributed by atoms with Crippen LogP contribution in [0, 0.1) is 0 Å². The topological polar surface area (TPSA) is 41.6 Å². The molecule has 1 aromatic rings. The van der Waals surface area contributed by atoms with Gasteiger partial charge in [0.05, 0.1) is 7.11 Å². The van der Waals surface area contributed by atoms with Gasteiger partial charge >= 0.3 is 0 Å². The quantitative estimate of drug-likeness (QED) is 0.786. The number of ether oxygens (including phenoxy) is 1. The molecular weight excluding hydrogens is 276 g/mol. The maximum absolute atomic E-state index is 12.0. The summed E-state index contributed by atoms with van der Waals surface area (Å²) in [6, 6.07) is 7.48.